The number of rotatable bonds is 3. The Bertz CT molecular complexity index is 1400. The zero-order chi connectivity index (χ0) is 19.3. The van der Waals surface area contributed by atoms with E-state index in [1.54, 1.807) is 6.07 Å². The van der Waals surface area contributed by atoms with Gasteiger partial charge in [0.2, 0.25) is 6.54 Å². The SMILES string of the molecule is O=[N+]([O-])Cc1cccc2sc(-c3ccc4nc5ccccc5c(Cl)c4c3)nc12. The second kappa shape index (κ2) is 6.51. The van der Waals surface area contributed by atoms with E-state index in [9.17, 15) is 10.1 Å². The minimum absolute atomic E-state index is 0.236. The first-order chi connectivity index (χ1) is 13.6. The van der Waals surface area contributed by atoms with Gasteiger partial charge in [-0.2, -0.15) is 0 Å². The number of thiazole rings is 1. The lowest BCUT2D eigenvalue weighted by Gasteiger charge is -2.06. The third kappa shape index (κ3) is 2.78. The summed E-state index contributed by atoms with van der Waals surface area (Å²) < 4.78 is 0.928. The van der Waals surface area contributed by atoms with E-state index in [2.05, 4.69) is 9.97 Å². The number of hydrogen-bond donors (Lipinski definition) is 0. The number of fused-ring (bicyclic) bond motifs is 3. The second-order valence-electron chi connectivity index (χ2n) is 6.45. The maximum absolute atomic E-state index is 10.9. The Kier molecular flexibility index (Phi) is 3.96. The number of halogens is 1. The van der Waals surface area contributed by atoms with Gasteiger partial charge in [-0.15, -0.1) is 11.3 Å². The van der Waals surface area contributed by atoms with E-state index in [4.69, 9.17) is 11.6 Å². The molecule has 0 aliphatic carbocycles. The lowest BCUT2D eigenvalue weighted by molar-refractivity contribution is -0.496. The van der Waals surface area contributed by atoms with Gasteiger partial charge in [-0.1, -0.05) is 41.9 Å². The van der Waals surface area contributed by atoms with E-state index in [-0.39, 0.29) is 11.5 Å². The van der Waals surface area contributed by atoms with Gasteiger partial charge >= 0.3 is 0 Å². The predicted octanol–water partition coefficient (Wildman–Crippen LogP) is 6.09. The van der Waals surface area contributed by atoms with Gasteiger partial charge in [-0.05, 0) is 30.3 Å². The normalized spacial score (nSPS) is 11.5. The molecule has 0 amide bonds. The van der Waals surface area contributed by atoms with Crippen LogP contribution in [-0.2, 0) is 6.54 Å². The molecule has 5 aromatic rings. The maximum Gasteiger partial charge on any atom is 0.231 e. The Balaban J connectivity index is 1.69. The highest BCUT2D eigenvalue weighted by Crippen LogP contribution is 2.36. The summed E-state index contributed by atoms with van der Waals surface area (Å²) in [7, 11) is 0. The van der Waals surface area contributed by atoms with Gasteiger partial charge in [0.1, 0.15) is 5.01 Å². The molecule has 5 rings (SSSR count). The average Bonchev–Trinajstić information content (AvgIpc) is 3.13. The van der Waals surface area contributed by atoms with Crippen LogP contribution < -0.4 is 0 Å². The van der Waals surface area contributed by atoms with E-state index in [1.165, 1.54) is 11.3 Å². The molecule has 0 saturated heterocycles. The highest BCUT2D eigenvalue weighted by Gasteiger charge is 2.14. The first-order valence-electron chi connectivity index (χ1n) is 8.59. The molecule has 0 unspecified atom stereocenters. The van der Waals surface area contributed by atoms with E-state index in [0.29, 0.717) is 16.1 Å². The van der Waals surface area contributed by atoms with Gasteiger partial charge in [0.05, 0.1) is 26.3 Å². The third-order valence-electron chi connectivity index (χ3n) is 4.66. The highest BCUT2D eigenvalue weighted by molar-refractivity contribution is 7.21. The minimum Gasteiger partial charge on any atom is -0.264 e. The molecule has 5 nitrogen and oxygen atoms in total. The first-order valence-corrected chi connectivity index (χ1v) is 9.78. The maximum atomic E-state index is 10.9. The smallest absolute Gasteiger partial charge is 0.231 e. The molecule has 7 heteroatoms. The van der Waals surface area contributed by atoms with Gasteiger partial charge in [0.25, 0.3) is 0 Å². The predicted molar refractivity (Wildman–Crippen MR) is 114 cm³/mol. The third-order valence-corrected chi connectivity index (χ3v) is 6.14. The summed E-state index contributed by atoms with van der Waals surface area (Å²) in [5.41, 5.74) is 3.90. The van der Waals surface area contributed by atoms with Crippen LogP contribution in [0.5, 0.6) is 0 Å². The molecular weight excluding hydrogens is 394 g/mol. The van der Waals surface area contributed by atoms with Crippen molar-refractivity contribution in [1.29, 1.82) is 0 Å². The fourth-order valence-corrected chi connectivity index (χ4v) is 4.69. The van der Waals surface area contributed by atoms with Crippen LogP contribution in [0.2, 0.25) is 5.02 Å². The monoisotopic (exact) mass is 405 g/mol. The van der Waals surface area contributed by atoms with Crippen LogP contribution >= 0.6 is 22.9 Å². The molecule has 2 aromatic heterocycles. The van der Waals surface area contributed by atoms with Gasteiger partial charge in [0.15, 0.2) is 0 Å². The molecule has 0 atom stereocenters. The molecule has 0 bridgehead atoms. The molecule has 0 aliphatic rings. The number of para-hydroxylation sites is 2. The van der Waals surface area contributed by atoms with Gasteiger partial charge in [-0.25, -0.2) is 9.97 Å². The molecule has 136 valence electrons. The van der Waals surface area contributed by atoms with Crippen molar-refractivity contribution in [3.05, 3.63) is 81.4 Å². The lowest BCUT2D eigenvalue weighted by atomic mass is 10.1. The molecule has 3 aromatic carbocycles. The Morgan fingerprint density at radius 1 is 0.964 bits per heavy atom. The van der Waals surface area contributed by atoms with E-state index < -0.39 is 0 Å². The molecule has 2 heterocycles. The summed E-state index contributed by atoms with van der Waals surface area (Å²) in [6.45, 7) is -0.236. The van der Waals surface area contributed by atoms with Gasteiger partial charge in [0, 0.05) is 26.8 Å². The fraction of sp³-hybridized carbons (Fsp3) is 0.0476. The van der Waals surface area contributed by atoms with Crippen LogP contribution in [0, 0.1) is 10.1 Å². The van der Waals surface area contributed by atoms with Crippen LogP contribution in [0.25, 0.3) is 42.6 Å². The minimum atomic E-state index is -0.333. The van der Waals surface area contributed by atoms with Crippen molar-refractivity contribution in [3.8, 4) is 10.6 Å². The summed E-state index contributed by atoms with van der Waals surface area (Å²) in [6, 6.07) is 19.2. The average molecular weight is 406 g/mol. The number of nitrogens with zero attached hydrogens (tertiary/aromatic N) is 3. The number of nitro groups is 1. The zero-order valence-electron chi connectivity index (χ0n) is 14.4. The first kappa shape index (κ1) is 17.0. The topological polar surface area (TPSA) is 68.9 Å². The number of pyridine rings is 1. The van der Waals surface area contributed by atoms with Crippen molar-refractivity contribution in [2.75, 3.05) is 0 Å². The lowest BCUT2D eigenvalue weighted by Crippen LogP contribution is -1.98. The molecule has 0 spiro atoms. The Morgan fingerprint density at radius 3 is 2.64 bits per heavy atom. The van der Waals surface area contributed by atoms with Crippen molar-refractivity contribution in [3.63, 3.8) is 0 Å². The van der Waals surface area contributed by atoms with Crippen LogP contribution in [0.15, 0.2) is 60.7 Å². The van der Waals surface area contributed by atoms with E-state index >= 15 is 0 Å². The van der Waals surface area contributed by atoms with Crippen molar-refractivity contribution < 1.29 is 4.92 Å². The second-order valence-corrected chi connectivity index (χ2v) is 7.86. The van der Waals surface area contributed by atoms with Crippen LogP contribution in [-0.4, -0.2) is 14.9 Å². The van der Waals surface area contributed by atoms with Crippen molar-refractivity contribution in [2.45, 2.75) is 6.54 Å². The summed E-state index contributed by atoms with van der Waals surface area (Å²) in [5.74, 6) is 0. The Labute approximate surface area is 168 Å². The molecule has 0 saturated carbocycles. The van der Waals surface area contributed by atoms with Crippen LogP contribution in [0.3, 0.4) is 0 Å². The summed E-state index contributed by atoms with van der Waals surface area (Å²) in [5, 5.41) is 14.2. The van der Waals surface area contributed by atoms with Crippen LogP contribution in [0.1, 0.15) is 5.56 Å². The Hall–Kier alpha value is -3.09. The summed E-state index contributed by atoms with van der Waals surface area (Å²) in [4.78, 5) is 20.0. The molecule has 0 fully saturated rings. The number of benzene rings is 3. The molecule has 28 heavy (non-hydrogen) atoms. The largest absolute Gasteiger partial charge is 0.264 e. The molecule has 0 radical (unpaired) electrons. The quantitative estimate of drug-likeness (QED) is 0.207. The highest BCUT2D eigenvalue weighted by atomic mass is 35.5. The van der Waals surface area contributed by atoms with Crippen molar-refractivity contribution in [2.24, 2.45) is 0 Å². The van der Waals surface area contributed by atoms with E-state index in [1.807, 2.05) is 54.6 Å². The van der Waals surface area contributed by atoms with Gasteiger partial charge < -0.3 is 0 Å². The van der Waals surface area contributed by atoms with E-state index in [0.717, 1.165) is 37.1 Å². The Morgan fingerprint density at radius 2 is 1.79 bits per heavy atom. The van der Waals surface area contributed by atoms with Gasteiger partial charge in [-0.3, -0.25) is 10.1 Å². The standard InChI is InChI=1S/C21H12ClN3O2S/c22-19-14-5-1-2-6-16(14)23-17-9-8-12(10-15(17)19)21-24-20-13(11-25(26)27)4-3-7-18(20)28-21/h1-10H,11H2. The van der Waals surface area contributed by atoms with Crippen molar-refractivity contribution in [1.82, 2.24) is 9.97 Å². The van der Waals surface area contributed by atoms with Crippen LogP contribution in [0.4, 0.5) is 0 Å². The molecule has 0 N–H and O–H groups in total. The molecule has 0 aliphatic heterocycles. The fourth-order valence-electron chi connectivity index (χ4n) is 3.37. The number of hydrogen-bond acceptors (Lipinski definition) is 5. The molecular formula is C21H12ClN3O2S. The summed E-state index contributed by atoms with van der Waals surface area (Å²) in [6.07, 6.45) is 0. The zero-order valence-corrected chi connectivity index (χ0v) is 16.0. The summed E-state index contributed by atoms with van der Waals surface area (Å²) >= 11 is 8.18. The number of aromatic nitrogens is 2. The van der Waals surface area contributed by atoms with Crippen molar-refractivity contribution >= 4 is 55.0 Å².